The van der Waals surface area contributed by atoms with Gasteiger partial charge in [-0.3, -0.25) is 0 Å². The number of hydrogen-bond acceptors (Lipinski definition) is 14. The maximum Gasteiger partial charge on any atom is 2.00 e. The third-order valence-electron chi connectivity index (χ3n) is 14.6. The topological polar surface area (TPSA) is 179 Å². The number of nitrogens with zero attached hydrogens (tertiary/aromatic N) is 8. The Morgan fingerprint density at radius 2 is 0.531 bits per heavy atom. The summed E-state index contributed by atoms with van der Waals surface area (Å²) < 4.78 is 46.2. The van der Waals surface area contributed by atoms with Gasteiger partial charge in [-0.1, -0.05) is 48.5 Å². The van der Waals surface area contributed by atoms with Crippen LogP contribution in [-0.2, 0) is 19.5 Å². The van der Waals surface area contributed by atoms with Gasteiger partial charge in [-0.05, 0) is 141 Å². The molecule has 3 aromatic heterocycles. The minimum absolute atomic E-state index is 0. The van der Waals surface area contributed by atoms with Crippen LogP contribution in [0.25, 0.3) is 134 Å². The molecule has 81 heavy (non-hydrogen) atoms. The average Bonchev–Trinajstić information content (AvgIpc) is 4.37. The first-order valence-corrected chi connectivity index (χ1v) is 25.4. The fourth-order valence-electron chi connectivity index (χ4n) is 10.5. The Kier molecular flexibility index (Phi) is 13.5. The molecule has 394 valence electrons. The van der Waals surface area contributed by atoms with Gasteiger partial charge in [0.2, 0.25) is 0 Å². The van der Waals surface area contributed by atoms with Gasteiger partial charge in [-0.25, -0.2) is 9.97 Å². The first kappa shape index (κ1) is 51.9. The minimum atomic E-state index is 0. The zero-order valence-corrected chi connectivity index (χ0v) is 48.4. The van der Waals surface area contributed by atoms with Gasteiger partial charge in [0.05, 0.1) is 80.2 Å². The monoisotopic (exact) mass is 1120 g/mol. The summed E-state index contributed by atoms with van der Waals surface area (Å²) in [5, 5.41) is 2.87. The molecule has 5 heterocycles. The quantitative estimate of drug-likeness (QED) is 0.105. The van der Waals surface area contributed by atoms with E-state index in [2.05, 4.69) is 0 Å². The Morgan fingerprint density at radius 3 is 0.840 bits per heavy atom. The number of hydrogen-bond donors (Lipinski definition) is 0. The summed E-state index contributed by atoms with van der Waals surface area (Å²) in [7, 11) is 13.1. The van der Waals surface area contributed by atoms with E-state index in [1.807, 2.05) is 146 Å². The van der Waals surface area contributed by atoms with E-state index in [0.29, 0.717) is 114 Å². The summed E-state index contributed by atoms with van der Waals surface area (Å²) >= 11 is 0. The van der Waals surface area contributed by atoms with Crippen molar-refractivity contribution in [3.8, 4) is 136 Å². The first-order chi connectivity index (χ1) is 39.2. The van der Waals surface area contributed by atoms with Crippen LogP contribution < -0.4 is 47.9 Å². The minimum Gasteiger partial charge on any atom is -0.497 e. The fraction of sp³-hybridized carbons (Fsp3) is 0.125. The van der Waals surface area contributed by atoms with Gasteiger partial charge in [0.15, 0.2) is 0 Å². The SMILES string of the molecule is COc1ccc(OC)c(-c2ccc3c(c2)-c2nc-3nc3[n-]c(nc4nc(nc5[n-]c(n2)c2ccc(-c6cc(OC)ccc6OC)cc52)-c2cc(-c5cc(OC)ccc5OC)ccc2-4)c2cc(-c4cc(OC)ccc4OC)ccc32)c1.[Zn+2]. The third-order valence-corrected chi connectivity index (χ3v) is 14.6. The molecule has 11 aromatic rings. The maximum atomic E-state index is 5.89. The van der Waals surface area contributed by atoms with Crippen molar-refractivity contribution in [2.75, 3.05) is 56.9 Å². The number of methoxy groups -OCH3 is 8. The Bertz CT molecular complexity index is 4520. The summed E-state index contributed by atoms with van der Waals surface area (Å²) in [5.41, 5.74) is 11.0. The maximum absolute atomic E-state index is 5.89. The van der Waals surface area contributed by atoms with E-state index in [0.717, 1.165) is 66.4 Å². The van der Waals surface area contributed by atoms with Crippen LogP contribution in [0.5, 0.6) is 46.0 Å². The molecule has 13 rings (SSSR count). The molecule has 0 saturated heterocycles. The zero-order valence-electron chi connectivity index (χ0n) is 45.4. The number of rotatable bonds is 12. The molecule has 0 spiro atoms. The van der Waals surface area contributed by atoms with Crippen LogP contribution in [0.1, 0.15) is 0 Å². The molecule has 0 N–H and O–H groups in total. The second kappa shape index (κ2) is 21.1. The van der Waals surface area contributed by atoms with E-state index in [9.17, 15) is 0 Å². The molecule has 8 bridgehead atoms. The second-order valence-electron chi connectivity index (χ2n) is 18.8. The largest absolute Gasteiger partial charge is 2.00 e. The zero-order chi connectivity index (χ0) is 54.8. The number of ether oxygens (including phenoxy) is 8. The van der Waals surface area contributed by atoms with Gasteiger partial charge >= 0.3 is 19.5 Å². The van der Waals surface area contributed by atoms with Crippen molar-refractivity contribution in [3.63, 3.8) is 0 Å². The summed E-state index contributed by atoms with van der Waals surface area (Å²) in [6.45, 7) is 0. The Hall–Kier alpha value is -9.86. The van der Waals surface area contributed by atoms with Crippen molar-refractivity contribution in [3.05, 3.63) is 146 Å². The van der Waals surface area contributed by atoms with Crippen LogP contribution in [0.15, 0.2) is 146 Å². The van der Waals surface area contributed by atoms with Crippen molar-refractivity contribution in [2.24, 2.45) is 0 Å². The normalized spacial score (nSPS) is 11.4. The van der Waals surface area contributed by atoms with Crippen LogP contribution in [-0.4, -0.2) is 86.8 Å². The van der Waals surface area contributed by atoms with Crippen molar-refractivity contribution in [2.45, 2.75) is 0 Å². The Morgan fingerprint density at radius 1 is 0.247 bits per heavy atom. The van der Waals surface area contributed by atoms with E-state index < -0.39 is 0 Å². The molecule has 2 aliphatic rings. The van der Waals surface area contributed by atoms with Crippen LogP contribution in [0.4, 0.5) is 0 Å². The summed E-state index contributed by atoms with van der Waals surface area (Å²) in [5.74, 6) is 6.86. The molecule has 0 amide bonds. The third kappa shape index (κ3) is 9.01. The smallest absolute Gasteiger partial charge is 0.497 e. The van der Waals surface area contributed by atoms with Crippen molar-refractivity contribution in [1.82, 2.24) is 39.9 Å². The van der Waals surface area contributed by atoms with Gasteiger partial charge in [-0.2, -0.15) is 0 Å². The number of fused-ring (bicyclic) bond motifs is 20. The summed E-state index contributed by atoms with van der Waals surface area (Å²) in [6.07, 6.45) is 0. The molecule has 8 aromatic carbocycles. The molecule has 0 aliphatic carbocycles. The predicted molar refractivity (Wildman–Crippen MR) is 308 cm³/mol. The predicted octanol–water partition coefficient (Wildman–Crippen LogP) is 12.9. The fourth-order valence-corrected chi connectivity index (χ4v) is 10.5. The Labute approximate surface area is 477 Å². The number of aromatic nitrogens is 8. The van der Waals surface area contributed by atoms with Crippen LogP contribution >= 0.6 is 0 Å². The van der Waals surface area contributed by atoms with Gasteiger partial charge in [0.1, 0.15) is 46.0 Å². The summed E-state index contributed by atoms with van der Waals surface area (Å²) in [4.78, 5) is 42.3. The molecular formula is C64H48N8O8Zn. The molecule has 0 saturated carbocycles. The average molecular weight is 1120 g/mol. The van der Waals surface area contributed by atoms with Crippen LogP contribution in [0, 0.1) is 0 Å². The molecule has 2 aliphatic heterocycles. The molecule has 0 unspecified atom stereocenters. The molecule has 16 nitrogen and oxygen atoms in total. The molecule has 0 radical (unpaired) electrons. The summed E-state index contributed by atoms with van der Waals surface area (Å²) in [6, 6.07) is 46.9. The van der Waals surface area contributed by atoms with Crippen LogP contribution in [0.3, 0.4) is 0 Å². The van der Waals surface area contributed by atoms with Gasteiger partial charge in [-0.15, -0.1) is 0 Å². The van der Waals surface area contributed by atoms with Crippen molar-refractivity contribution < 1.29 is 57.4 Å². The van der Waals surface area contributed by atoms with Crippen molar-refractivity contribution in [1.29, 1.82) is 0 Å². The second-order valence-corrected chi connectivity index (χ2v) is 18.8. The molecular weight excluding hydrogens is 1070 g/mol. The van der Waals surface area contributed by atoms with Crippen molar-refractivity contribution >= 4 is 44.1 Å². The molecule has 0 fully saturated rings. The van der Waals surface area contributed by atoms with E-state index in [1.165, 1.54) is 0 Å². The van der Waals surface area contributed by atoms with Gasteiger partial charge < -0.3 is 67.8 Å². The standard InChI is InChI=1S/C64H48N8O8.Zn/c1-73-37-13-21-53(77-5)45(29-37)33-9-17-41-49(25-33)61-66-57(41)65-58-42-18-10-34(46-30-38(74-2)14-22-54(46)78-6)26-50(42)62(67-58)69-60-44-20-12-36(48-32-40(76-4)16-24-56(48)80-8)28-52(44)64(71-60)72-63-51-27-35(11-19-43(51)59(68-61)70-63)47-31-39(75-3)15-23-55(47)79-7;/h9-32H,1-8H3;/q-2;+2. The number of benzene rings is 8. The first-order valence-electron chi connectivity index (χ1n) is 25.4. The van der Waals surface area contributed by atoms with E-state index >= 15 is 0 Å². The Balaban J connectivity index is 0.00000651. The van der Waals surface area contributed by atoms with E-state index in [1.54, 1.807) is 56.9 Å². The molecule has 17 heteroatoms. The molecule has 0 atom stereocenters. The van der Waals surface area contributed by atoms with Crippen LogP contribution in [0.2, 0.25) is 0 Å². The van der Waals surface area contributed by atoms with Gasteiger partial charge in [0, 0.05) is 67.1 Å². The van der Waals surface area contributed by atoms with E-state index in [-0.39, 0.29) is 19.5 Å². The van der Waals surface area contributed by atoms with Gasteiger partial charge in [0.25, 0.3) is 0 Å². The van der Waals surface area contributed by atoms with E-state index in [4.69, 9.17) is 77.8 Å².